The zero-order valence-corrected chi connectivity index (χ0v) is 20.0. The summed E-state index contributed by atoms with van der Waals surface area (Å²) < 4.78 is 48.8. The molecule has 0 saturated heterocycles. The molecule has 0 aliphatic heterocycles. The van der Waals surface area contributed by atoms with Crippen molar-refractivity contribution >= 4 is 5.97 Å². The van der Waals surface area contributed by atoms with E-state index >= 15 is 8.78 Å². The Hall–Kier alpha value is -3.32. The Balaban J connectivity index is 1.44. The number of aromatic hydroxyl groups is 1. The first-order valence-electron chi connectivity index (χ1n) is 12.3. The van der Waals surface area contributed by atoms with Gasteiger partial charge in [-0.3, -0.25) is 0 Å². The maximum absolute atomic E-state index is 15.1. The van der Waals surface area contributed by atoms with Crippen molar-refractivity contribution in [3.8, 4) is 22.6 Å². The second kappa shape index (κ2) is 11.2. The van der Waals surface area contributed by atoms with Gasteiger partial charge in [0.1, 0.15) is 5.75 Å². The van der Waals surface area contributed by atoms with Crippen LogP contribution in [0, 0.1) is 23.4 Å². The second-order valence-corrected chi connectivity index (χ2v) is 9.38. The fraction of sp³-hybridized carbons (Fsp3) is 0.345. The van der Waals surface area contributed by atoms with Gasteiger partial charge in [-0.15, -0.1) is 0 Å². The van der Waals surface area contributed by atoms with Gasteiger partial charge in [0, 0.05) is 5.56 Å². The minimum Gasteiger partial charge on any atom is -0.505 e. The minimum atomic E-state index is -0.942. The fourth-order valence-electron chi connectivity index (χ4n) is 4.95. The molecule has 0 bridgehead atoms. The van der Waals surface area contributed by atoms with E-state index in [1.54, 1.807) is 12.1 Å². The van der Waals surface area contributed by atoms with E-state index in [1.807, 2.05) is 6.92 Å². The van der Waals surface area contributed by atoms with Crippen LogP contribution < -0.4 is 4.74 Å². The normalized spacial score (nSPS) is 18.6. The Morgan fingerprint density at radius 1 is 0.972 bits per heavy atom. The quantitative estimate of drug-likeness (QED) is 0.269. The highest BCUT2D eigenvalue weighted by molar-refractivity contribution is 5.91. The molecule has 0 heterocycles. The molecular formula is C29H29F3O4. The average Bonchev–Trinajstić information content (AvgIpc) is 2.88. The number of carbonyl (C=O) groups is 1. The molecule has 4 rings (SSSR count). The Bertz CT molecular complexity index is 1220. The summed E-state index contributed by atoms with van der Waals surface area (Å²) >= 11 is 0. The summed E-state index contributed by atoms with van der Waals surface area (Å²) in [7, 11) is 0. The number of carbonyl (C=O) groups excluding carboxylic acids is 1. The predicted octanol–water partition coefficient (Wildman–Crippen LogP) is 7.13. The summed E-state index contributed by atoms with van der Waals surface area (Å²) in [5, 5.41) is 19.5. The van der Waals surface area contributed by atoms with Gasteiger partial charge >= 0.3 is 5.97 Å². The van der Waals surface area contributed by atoms with Crippen molar-refractivity contribution in [2.45, 2.75) is 57.5 Å². The molecule has 1 atom stereocenters. The highest BCUT2D eigenvalue weighted by atomic mass is 19.2. The van der Waals surface area contributed by atoms with Crippen LogP contribution in [0.5, 0.6) is 11.5 Å². The van der Waals surface area contributed by atoms with Gasteiger partial charge in [0.05, 0.1) is 11.7 Å². The van der Waals surface area contributed by atoms with Gasteiger partial charge in [-0.2, -0.15) is 0 Å². The number of hydrogen-bond acceptors (Lipinski definition) is 4. The first-order valence-corrected chi connectivity index (χ1v) is 12.3. The predicted molar refractivity (Wildman–Crippen MR) is 130 cm³/mol. The highest BCUT2D eigenvalue weighted by Crippen LogP contribution is 2.40. The van der Waals surface area contributed by atoms with E-state index in [1.165, 1.54) is 30.3 Å². The number of aliphatic hydroxyl groups excluding tert-OH is 1. The Kier molecular flexibility index (Phi) is 7.99. The molecule has 3 aromatic rings. The smallest absolute Gasteiger partial charge is 0.343 e. The lowest BCUT2D eigenvalue weighted by atomic mass is 9.75. The molecule has 1 aliphatic rings. The van der Waals surface area contributed by atoms with E-state index in [9.17, 15) is 19.4 Å². The maximum Gasteiger partial charge on any atom is 0.343 e. The topological polar surface area (TPSA) is 66.8 Å². The molecule has 1 fully saturated rings. The van der Waals surface area contributed by atoms with Crippen LogP contribution in [0.1, 0.15) is 67.3 Å². The van der Waals surface area contributed by atoms with Crippen molar-refractivity contribution in [3.05, 3.63) is 83.2 Å². The molecule has 3 aromatic carbocycles. The Morgan fingerprint density at radius 2 is 1.67 bits per heavy atom. The van der Waals surface area contributed by atoms with E-state index in [0.29, 0.717) is 24.0 Å². The molecule has 0 radical (unpaired) electrons. The molecule has 0 aromatic heterocycles. The van der Waals surface area contributed by atoms with E-state index < -0.39 is 29.2 Å². The summed E-state index contributed by atoms with van der Waals surface area (Å²) in [6, 6.07) is 12.3. The van der Waals surface area contributed by atoms with Gasteiger partial charge in [-0.05, 0) is 85.4 Å². The third kappa shape index (κ3) is 5.57. The lowest BCUT2D eigenvalue weighted by molar-refractivity contribution is 0.0725. The molecular weight excluding hydrogens is 469 g/mol. The number of phenols is 1. The average molecular weight is 499 g/mol. The monoisotopic (exact) mass is 498 g/mol. The maximum atomic E-state index is 15.1. The second-order valence-electron chi connectivity index (χ2n) is 9.38. The van der Waals surface area contributed by atoms with Crippen molar-refractivity contribution in [3.63, 3.8) is 0 Å². The summed E-state index contributed by atoms with van der Waals surface area (Å²) in [5.41, 5.74) is 0.806. The fourth-order valence-corrected chi connectivity index (χ4v) is 4.95. The van der Waals surface area contributed by atoms with Crippen LogP contribution >= 0.6 is 0 Å². The number of benzene rings is 3. The minimum absolute atomic E-state index is 0.0769. The number of aliphatic hydroxyl groups is 1. The number of esters is 1. The van der Waals surface area contributed by atoms with E-state index in [-0.39, 0.29) is 34.8 Å². The van der Waals surface area contributed by atoms with Gasteiger partial charge in [-0.1, -0.05) is 37.6 Å². The van der Waals surface area contributed by atoms with Crippen LogP contribution in [-0.2, 0) is 0 Å². The molecule has 0 spiro atoms. The van der Waals surface area contributed by atoms with Crippen LogP contribution in [-0.4, -0.2) is 22.3 Å². The zero-order chi connectivity index (χ0) is 25.8. The zero-order valence-electron chi connectivity index (χ0n) is 20.0. The molecule has 1 saturated carbocycles. The van der Waals surface area contributed by atoms with Crippen molar-refractivity contribution in [1.82, 2.24) is 0 Å². The van der Waals surface area contributed by atoms with Crippen molar-refractivity contribution in [2.24, 2.45) is 5.92 Å². The number of phenolic OH excluding ortho intramolecular Hbond substituents is 1. The Morgan fingerprint density at radius 3 is 2.31 bits per heavy atom. The first kappa shape index (κ1) is 25.8. The van der Waals surface area contributed by atoms with Crippen molar-refractivity contribution in [2.75, 3.05) is 0 Å². The van der Waals surface area contributed by atoms with E-state index in [0.717, 1.165) is 37.8 Å². The molecule has 1 aliphatic carbocycles. The third-order valence-electron chi connectivity index (χ3n) is 7.01. The summed E-state index contributed by atoms with van der Waals surface area (Å²) in [6.07, 6.45) is 4.38. The van der Waals surface area contributed by atoms with Crippen molar-refractivity contribution < 1.29 is 32.9 Å². The molecule has 4 nitrogen and oxygen atoms in total. The van der Waals surface area contributed by atoms with Crippen LogP contribution in [0.15, 0.2) is 54.6 Å². The van der Waals surface area contributed by atoms with Crippen LogP contribution in [0.2, 0.25) is 0 Å². The summed E-state index contributed by atoms with van der Waals surface area (Å²) in [6.45, 7) is 2.04. The van der Waals surface area contributed by atoms with E-state index in [4.69, 9.17) is 4.74 Å². The van der Waals surface area contributed by atoms with Crippen molar-refractivity contribution in [1.29, 1.82) is 0 Å². The molecule has 1 unspecified atom stereocenters. The van der Waals surface area contributed by atoms with Gasteiger partial charge in [-0.25, -0.2) is 18.0 Å². The third-order valence-corrected chi connectivity index (χ3v) is 7.01. The molecule has 36 heavy (non-hydrogen) atoms. The first-order chi connectivity index (χ1) is 17.3. The van der Waals surface area contributed by atoms with Crippen LogP contribution in [0.25, 0.3) is 11.1 Å². The van der Waals surface area contributed by atoms with Gasteiger partial charge < -0.3 is 14.9 Å². The number of halogens is 3. The standard InChI is InChI=1S/C29H29F3O4/c1-2-3-25(33)19-6-4-17(5-7-19)22-13-14-23(28(32)27(22)31)18-8-11-21(12-9-18)36-29(35)20-10-15-26(34)24(30)16-20/h8-17,19,25,33-34H,2-7H2,1H3. The number of ether oxygens (including phenoxy) is 1. The Labute approximate surface area is 208 Å². The van der Waals surface area contributed by atoms with E-state index in [2.05, 4.69) is 0 Å². The summed E-state index contributed by atoms with van der Waals surface area (Å²) in [5.74, 6) is -3.83. The number of rotatable bonds is 7. The lowest BCUT2D eigenvalue weighted by Crippen LogP contribution is -2.25. The molecule has 0 amide bonds. The van der Waals surface area contributed by atoms with Crippen LogP contribution in [0.4, 0.5) is 13.2 Å². The summed E-state index contributed by atoms with van der Waals surface area (Å²) in [4.78, 5) is 12.2. The SMILES string of the molecule is CCCC(O)C1CCC(c2ccc(-c3ccc(OC(=O)c4ccc(O)c(F)c4)cc3)c(F)c2F)CC1. The van der Waals surface area contributed by atoms with Crippen LogP contribution in [0.3, 0.4) is 0 Å². The highest BCUT2D eigenvalue weighted by Gasteiger charge is 2.29. The number of hydrogen-bond donors (Lipinski definition) is 2. The molecule has 190 valence electrons. The largest absolute Gasteiger partial charge is 0.505 e. The lowest BCUT2D eigenvalue weighted by Gasteiger charge is -2.32. The van der Waals surface area contributed by atoms with Gasteiger partial charge in [0.25, 0.3) is 0 Å². The molecule has 7 heteroatoms. The van der Waals surface area contributed by atoms with Gasteiger partial charge in [0.2, 0.25) is 0 Å². The van der Waals surface area contributed by atoms with Gasteiger partial charge in [0.15, 0.2) is 23.2 Å². The molecule has 2 N–H and O–H groups in total.